The summed E-state index contributed by atoms with van der Waals surface area (Å²) in [4.78, 5) is 43.4. The van der Waals surface area contributed by atoms with Crippen LogP contribution >= 0.6 is 11.9 Å². The van der Waals surface area contributed by atoms with E-state index >= 15 is 0 Å². The Kier molecular flexibility index (Phi) is 29.8. The standard InChI is InChI=1S/C10H16N2O8.C4H5NS.Ca.2Na/c13-7(14)3-11(4-8(15)16)1-2-12(5-9(17)18)6-10(19)20;1-2-4-6-5-3-1;;;/h1-6H2,(H,13,14)(H,15,16)(H,17,18)(H,19,20);1-5H;;;/q;;+2;2*+1/p-4. The average molecular weight is 473 g/mol. The smallest absolute Gasteiger partial charge is 0.549 e. The van der Waals surface area contributed by atoms with Gasteiger partial charge < -0.3 is 44.3 Å². The van der Waals surface area contributed by atoms with Crippen LogP contribution in [0.25, 0.3) is 0 Å². The molecule has 1 aliphatic heterocycles. The van der Waals surface area contributed by atoms with E-state index in [1.165, 1.54) is 0 Å². The quantitative estimate of drug-likeness (QED) is 0.221. The van der Waals surface area contributed by atoms with E-state index in [1.54, 1.807) is 11.9 Å². The second-order valence-electron chi connectivity index (χ2n) is 4.83. The maximum atomic E-state index is 10.4. The first-order chi connectivity index (χ1) is 12.2. The Morgan fingerprint density at radius 3 is 1.21 bits per heavy atom. The summed E-state index contributed by atoms with van der Waals surface area (Å²) < 4.78 is 2.93. The molecule has 1 aliphatic rings. The number of carboxylic acid groups (broad SMARTS) is 4. The van der Waals surface area contributed by atoms with Crippen LogP contribution in [0.2, 0.25) is 0 Å². The van der Waals surface area contributed by atoms with E-state index in [0.717, 1.165) is 9.80 Å². The number of aliphatic carboxylic acids is 4. The molecule has 0 saturated carbocycles. The van der Waals surface area contributed by atoms with Gasteiger partial charge in [0.15, 0.2) is 0 Å². The summed E-state index contributed by atoms with van der Waals surface area (Å²) in [5.41, 5.74) is 0. The third kappa shape index (κ3) is 26.7. The summed E-state index contributed by atoms with van der Waals surface area (Å²) in [6.07, 6.45) is 5.84. The monoisotopic (exact) mass is 473 g/mol. The van der Waals surface area contributed by atoms with Gasteiger partial charge in [0.2, 0.25) is 0 Å². The SMILES string of the molecule is C1=CNSC=C1.O=C([O-])CN(CCN(CC(=O)[O-])CC(=O)[O-])CC(=O)[O-].[Ca+2].[Na+].[Na+]. The van der Waals surface area contributed by atoms with Crippen LogP contribution in [0.3, 0.4) is 0 Å². The van der Waals surface area contributed by atoms with Crippen molar-refractivity contribution < 1.29 is 98.7 Å². The number of nitrogens with one attached hydrogen (secondary N) is 1. The molecule has 0 bridgehead atoms. The van der Waals surface area contributed by atoms with Gasteiger partial charge in [-0.15, -0.1) is 0 Å². The predicted octanol–water partition coefficient (Wildman–Crippen LogP) is -12.5. The Morgan fingerprint density at radius 1 is 0.724 bits per heavy atom. The first-order valence-electron chi connectivity index (χ1n) is 7.17. The van der Waals surface area contributed by atoms with E-state index in [-0.39, 0.29) is 110 Å². The third-order valence-electron chi connectivity index (χ3n) is 2.63. The van der Waals surface area contributed by atoms with Gasteiger partial charge in [-0.1, -0.05) is 6.08 Å². The van der Waals surface area contributed by atoms with Crippen LogP contribution in [0.4, 0.5) is 0 Å². The minimum Gasteiger partial charge on any atom is -0.549 e. The van der Waals surface area contributed by atoms with E-state index < -0.39 is 50.1 Å². The van der Waals surface area contributed by atoms with Gasteiger partial charge >= 0.3 is 96.9 Å². The van der Waals surface area contributed by atoms with Crippen molar-refractivity contribution in [2.24, 2.45) is 0 Å². The number of hydrogen-bond donors (Lipinski definition) is 1. The zero-order chi connectivity index (χ0) is 19.9. The van der Waals surface area contributed by atoms with Gasteiger partial charge in [0.25, 0.3) is 0 Å². The van der Waals surface area contributed by atoms with E-state index in [4.69, 9.17) is 0 Å². The van der Waals surface area contributed by atoms with Crippen LogP contribution in [0, 0.1) is 0 Å². The summed E-state index contributed by atoms with van der Waals surface area (Å²) in [5, 5.41) is 43.6. The Labute approximate surface area is 246 Å². The number of carbonyl (C=O) groups is 4. The molecule has 0 aromatic heterocycles. The predicted molar refractivity (Wildman–Crippen MR) is 87.7 cm³/mol. The minimum atomic E-state index is -1.53. The third-order valence-corrected chi connectivity index (χ3v) is 3.20. The van der Waals surface area contributed by atoms with E-state index in [9.17, 15) is 39.6 Å². The van der Waals surface area contributed by atoms with E-state index in [2.05, 4.69) is 4.72 Å². The van der Waals surface area contributed by atoms with E-state index in [0.29, 0.717) is 0 Å². The van der Waals surface area contributed by atoms with Gasteiger partial charge in [-0.05, 0) is 23.4 Å². The molecule has 0 aliphatic carbocycles. The Hall–Kier alpha value is 0.690. The summed E-state index contributed by atoms with van der Waals surface area (Å²) in [5.74, 6) is -6.12. The molecule has 0 saturated heterocycles. The van der Waals surface area contributed by atoms with Crippen molar-refractivity contribution >= 4 is 73.6 Å². The molecule has 29 heavy (non-hydrogen) atoms. The fourth-order valence-corrected chi connectivity index (χ4v) is 2.10. The summed E-state index contributed by atoms with van der Waals surface area (Å²) in [6, 6.07) is 0. The molecule has 0 spiro atoms. The maximum Gasteiger partial charge on any atom is 2.00 e. The van der Waals surface area contributed by atoms with Gasteiger partial charge in [-0.3, -0.25) is 9.80 Å². The maximum absolute atomic E-state index is 10.4. The van der Waals surface area contributed by atoms with Crippen molar-refractivity contribution in [3.05, 3.63) is 23.8 Å². The molecule has 0 radical (unpaired) electrons. The number of allylic oxidation sites excluding steroid dienone is 2. The molecular formula is C14H17CaN3Na2O8S. The van der Waals surface area contributed by atoms with Crippen molar-refractivity contribution in [3.8, 4) is 0 Å². The van der Waals surface area contributed by atoms with Crippen molar-refractivity contribution in [1.29, 1.82) is 0 Å². The topological polar surface area (TPSA) is 179 Å². The van der Waals surface area contributed by atoms with Crippen LogP contribution in [-0.2, 0) is 19.2 Å². The number of rotatable bonds is 11. The molecular weight excluding hydrogens is 456 g/mol. The van der Waals surface area contributed by atoms with Crippen molar-refractivity contribution in [2.45, 2.75) is 0 Å². The fraction of sp³-hybridized carbons (Fsp3) is 0.429. The van der Waals surface area contributed by atoms with Crippen LogP contribution < -0.4 is 84.3 Å². The summed E-state index contributed by atoms with van der Waals surface area (Å²) in [6.45, 7) is -3.25. The Morgan fingerprint density at radius 2 is 1.07 bits per heavy atom. The second-order valence-corrected chi connectivity index (χ2v) is 5.58. The summed E-state index contributed by atoms with van der Waals surface area (Å²) in [7, 11) is 0. The number of nitrogens with zero attached hydrogens (tertiary/aromatic N) is 2. The molecule has 0 fully saturated rings. The second kappa shape index (κ2) is 23.4. The zero-order valence-electron chi connectivity index (χ0n) is 16.3. The molecule has 15 heteroatoms. The van der Waals surface area contributed by atoms with Crippen molar-refractivity contribution in [2.75, 3.05) is 39.3 Å². The Balaban J connectivity index is -0.000000296. The molecule has 1 N–H and O–H groups in total. The molecule has 0 amide bonds. The van der Waals surface area contributed by atoms with Gasteiger partial charge in [0.05, 0.1) is 23.9 Å². The van der Waals surface area contributed by atoms with Gasteiger partial charge in [0, 0.05) is 45.5 Å². The first kappa shape index (κ1) is 37.0. The minimum absolute atomic E-state index is 0. The average Bonchev–Trinajstić information content (AvgIpc) is 2.52. The first-order valence-corrected chi connectivity index (χ1v) is 8.05. The number of carbonyl (C=O) groups excluding carboxylic acids is 4. The van der Waals surface area contributed by atoms with Crippen molar-refractivity contribution in [3.63, 3.8) is 0 Å². The largest absolute Gasteiger partial charge is 2.00 e. The molecule has 1 heterocycles. The molecule has 1 rings (SSSR count). The van der Waals surface area contributed by atoms with Crippen LogP contribution in [0.1, 0.15) is 0 Å². The van der Waals surface area contributed by atoms with Crippen LogP contribution in [0.5, 0.6) is 0 Å². The number of hydrogen-bond acceptors (Lipinski definition) is 12. The molecule has 11 nitrogen and oxygen atoms in total. The summed E-state index contributed by atoms with van der Waals surface area (Å²) >= 11 is 1.58. The van der Waals surface area contributed by atoms with E-state index in [1.807, 2.05) is 23.8 Å². The molecule has 0 aromatic rings. The van der Waals surface area contributed by atoms with Crippen molar-refractivity contribution in [1.82, 2.24) is 14.5 Å². The number of carboxylic acids is 4. The fourth-order valence-electron chi connectivity index (χ4n) is 1.70. The molecule has 0 atom stereocenters. The normalized spacial score (nSPS) is 11.0. The molecule has 146 valence electrons. The zero-order valence-corrected chi connectivity index (χ0v) is 23.4. The molecule has 0 unspecified atom stereocenters. The van der Waals surface area contributed by atoms with Crippen LogP contribution in [0.15, 0.2) is 23.8 Å². The molecule has 0 aromatic carbocycles. The van der Waals surface area contributed by atoms with Gasteiger partial charge in [-0.25, -0.2) is 0 Å². The van der Waals surface area contributed by atoms with Crippen LogP contribution in [-0.4, -0.2) is 111 Å². The van der Waals surface area contributed by atoms with Gasteiger partial charge in [0.1, 0.15) is 0 Å². The van der Waals surface area contributed by atoms with Gasteiger partial charge in [-0.2, -0.15) is 0 Å². The Bertz CT molecular complexity index is 489.